The van der Waals surface area contributed by atoms with Gasteiger partial charge in [0, 0.05) is 37.8 Å². The fourth-order valence-corrected chi connectivity index (χ4v) is 4.71. The van der Waals surface area contributed by atoms with Crippen LogP contribution in [-0.4, -0.2) is 57.2 Å². The predicted octanol–water partition coefficient (Wildman–Crippen LogP) is 2.43. The summed E-state index contributed by atoms with van der Waals surface area (Å²) in [4.78, 5) is 30.2. The maximum Gasteiger partial charge on any atom is 0.337 e. The molecule has 10 nitrogen and oxygen atoms in total. The molecule has 1 saturated heterocycles. The molecule has 2 fully saturated rings. The molecule has 6 rings (SSSR count). The molecule has 3 aromatic heterocycles. The molecule has 4 heterocycles. The van der Waals surface area contributed by atoms with E-state index in [-0.39, 0.29) is 23.4 Å². The number of nitrogens with two attached hydrogens (primary N) is 1. The Morgan fingerprint density at radius 2 is 2.09 bits per heavy atom. The second-order valence-electron chi connectivity index (χ2n) is 8.28. The zero-order chi connectivity index (χ0) is 22.0. The molecule has 10 heteroatoms. The number of nitrogens with one attached hydrogen (secondary N) is 2. The Morgan fingerprint density at radius 3 is 2.84 bits per heavy atom. The van der Waals surface area contributed by atoms with Gasteiger partial charge in [0.15, 0.2) is 0 Å². The monoisotopic (exact) mass is 431 g/mol. The van der Waals surface area contributed by atoms with Crippen molar-refractivity contribution >= 4 is 39.4 Å². The number of H-pyrrole nitrogens is 1. The van der Waals surface area contributed by atoms with E-state index in [1.807, 2.05) is 25.2 Å². The first-order chi connectivity index (χ1) is 15.5. The van der Waals surface area contributed by atoms with Crippen LogP contribution in [0.5, 0.6) is 11.8 Å². The third-order valence-corrected chi connectivity index (χ3v) is 6.44. The minimum atomic E-state index is -1.08. The quantitative estimate of drug-likeness (QED) is 0.375. The van der Waals surface area contributed by atoms with Crippen LogP contribution < -0.4 is 20.7 Å². The number of hydrogen-bond acceptors (Lipinski definition) is 8. The lowest BCUT2D eigenvalue weighted by Crippen LogP contribution is -2.29. The van der Waals surface area contributed by atoms with Crippen LogP contribution in [0.2, 0.25) is 0 Å². The lowest BCUT2D eigenvalue weighted by molar-refractivity contribution is 0.0696. The van der Waals surface area contributed by atoms with Gasteiger partial charge in [-0.3, -0.25) is 4.98 Å². The molecule has 4 aromatic rings. The van der Waals surface area contributed by atoms with Gasteiger partial charge in [0.2, 0.25) is 0 Å². The molecule has 0 bridgehead atoms. The highest BCUT2D eigenvalue weighted by Crippen LogP contribution is 2.47. The number of para-hydroxylation sites is 1. The number of nitrogens with zero attached hydrogens (tertiary/aromatic N) is 4. The summed E-state index contributed by atoms with van der Waals surface area (Å²) in [5.74, 6) is 0.931. The normalized spacial score (nSPS) is 21.7. The van der Waals surface area contributed by atoms with E-state index in [0.717, 1.165) is 40.9 Å². The SMILES string of the molecule is CNc1cccc2c1[nH]c1nc(Oc3cncc(C(=O)O)c3)nc(N3CC4C(N)C4C3)c12. The van der Waals surface area contributed by atoms with Gasteiger partial charge in [0.05, 0.1) is 28.4 Å². The van der Waals surface area contributed by atoms with E-state index in [1.54, 1.807) is 0 Å². The third kappa shape index (κ3) is 2.83. The number of carboxylic acid groups (broad SMARTS) is 1. The molecule has 5 N–H and O–H groups in total. The number of ether oxygens (including phenoxy) is 1. The van der Waals surface area contributed by atoms with Crippen molar-refractivity contribution in [2.24, 2.45) is 17.6 Å². The number of fused-ring (bicyclic) bond motifs is 4. The number of aromatic carboxylic acids is 1. The summed E-state index contributed by atoms with van der Waals surface area (Å²) >= 11 is 0. The van der Waals surface area contributed by atoms with E-state index in [0.29, 0.717) is 17.5 Å². The molecule has 1 aromatic carbocycles. The predicted molar refractivity (Wildman–Crippen MR) is 119 cm³/mol. The van der Waals surface area contributed by atoms with Gasteiger partial charge in [-0.15, -0.1) is 0 Å². The molecule has 1 aliphatic carbocycles. The van der Waals surface area contributed by atoms with Gasteiger partial charge in [0.1, 0.15) is 17.2 Å². The number of piperidine rings is 1. The topological polar surface area (TPSA) is 142 Å². The first-order valence-corrected chi connectivity index (χ1v) is 10.4. The van der Waals surface area contributed by atoms with E-state index < -0.39 is 5.97 Å². The Balaban J connectivity index is 1.49. The van der Waals surface area contributed by atoms with Crippen molar-refractivity contribution < 1.29 is 14.6 Å². The van der Waals surface area contributed by atoms with Crippen LogP contribution in [0.1, 0.15) is 10.4 Å². The molecule has 0 radical (unpaired) electrons. The van der Waals surface area contributed by atoms with E-state index >= 15 is 0 Å². The van der Waals surface area contributed by atoms with Gasteiger partial charge in [-0.2, -0.15) is 9.97 Å². The summed E-state index contributed by atoms with van der Waals surface area (Å²) in [6.45, 7) is 1.68. The smallest absolute Gasteiger partial charge is 0.337 e. The number of rotatable bonds is 5. The molecule has 2 aliphatic rings. The number of carboxylic acids is 1. The lowest BCUT2D eigenvalue weighted by atomic mass is 10.1. The Morgan fingerprint density at radius 1 is 1.28 bits per heavy atom. The van der Waals surface area contributed by atoms with Crippen molar-refractivity contribution in [1.29, 1.82) is 0 Å². The number of aromatic amines is 1. The minimum Gasteiger partial charge on any atom is -0.478 e. The number of benzene rings is 1. The molecule has 2 atom stereocenters. The second-order valence-corrected chi connectivity index (χ2v) is 8.28. The summed E-state index contributed by atoms with van der Waals surface area (Å²) in [5.41, 5.74) is 8.72. The van der Waals surface area contributed by atoms with Gasteiger partial charge in [0.25, 0.3) is 0 Å². The molecule has 0 spiro atoms. The van der Waals surface area contributed by atoms with Crippen molar-refractivity contribution in [1.82, 2.24) is 19.9 Å². The number of carbonyl (C=O) groups is 1. The number of hydrogen-bond donors (Lipinski definition) is 4. The highest BCUT2D eigenvalue weighted by molar-refractivity contribution is 6.14. The van der Waals surface area contributed by atoms with E-state index in [9.17, 15) is 9.90 Å². The van der Waals surface area contributed by atoms with Crippen LogP contribution >= 0.6 is 0 Å². The fourth-order valence-electron chi connectivity index (χ4n) is 4.71. The Kier molecular flexibility index (Phi) is 3.99. The second kappa shape index (κ2) is 6.79. The summed E-state index contributed by atoms with van der Waals surface area (Å²) in [5, 5.41) is 14.4. The highest BCUT2D eigenvalue weighted by Gasteiger charge is 2.54. The van der Waals surface area contributed by atoms with E-state index in [1.165, 1.54) is 18.5 Å². The van der Waals surface area contributed by atoms with Crippen LogP contribution in [0.3, 0.4) is 0 Å². The Labute approximate surface area is 182 Å². The number of aromatic nitrogens is 4. The molecule has 1 aliphatic heterocycles. The number of anilines is 2. The van der Waals surface area contributed by atoms with Gasteiger partial charge < -0.3 is 30.8 Å². The molecule has 162 valence electrons. The van der Waals surface area contributed by atoms with Crippen LogP contribution in [0.4, 0.5) is 11.5 Å². The maximum absolute atomic E-state index is 11.3. The van der Waals surface area contributed by atoms with Crippen LogP contribution in [0.15, 0.2) is 36.7 Å². The first kappa shape index (κ1) is 18.8. The Bertz CT molecular complexity index is 1370. The zero-order valence-electron chi connectivity index (χ0n) is 17.2. The maximum atomic E-state index is 11.3. The van der Waals surface area contributed by atoms with Crippen LogP contribution in [-0.2, 0) is 0 Å². The van der Waals surface area contributed by atoms with Crippen molar-refractivity contribution in [3.8, 4) is 11.8 Å². The fraction of sp³-hybridized carbons (Fsp3) is 0.273. The van der Waals surface area contributed by atoms with Crippen LogP contribution in [0, 0.1) is 11.8 Å². The van der Waals surface area contributed by atoms with Gasteiger partial charge in [-0.1, -0.05) is 12.1 Å². The minimum absolute atomic E-state index is 0.0293. The third-order valence-electron chi connectivity index (χ3n) is 6.44. The standard InChI is InChI=1S/C22H21N7O3/c1-24-15-4-2-3-12-16-19(26-18(12)15)27-22(32-11-5-10(21(30)31)6-25-7-11)28-20(16)29-8-13-14(9-29)17(13)23/h2-7,13-14,17,24H,8-9,23H2,1H3,(H,30,31)(H,26,27,28). The zero-order valence-corrected chi connectivity index (χ0v) is 17.2. The van der Waals surface area contributed by atoms with Gasteiger partial charge in [-0.05, 0) is 24.0 Å². The van der Waals surface area contributed by atoms with Gasteiger partial charge in [-0.25, -0.2) is 4.79 Å². The summed E-state index contributed by atoms with van der Waals surface area (Å²) in [6, 6.07) is 7.83. The van der Waals surface area contributed by atoms with Crippen LogP contribution in [0.25, 0.3) is 21.9 Å². The first-order valence-electron chi connectivity index (χ1n) is 10.4. The lowest BCUT2D eigenvalue weighted by Gasteiger charge is -2.21. The largest absolute Gasteiger partial charge is 0.478 e. The summed E-state index contributed by atoms with van der Waals surface area (Å²) in [6.07, 6.45) is 2.70. The number of pyridine rings is 1. The van der Waals surface area contributed by atoms with Crippen molar-refractivity contribution in [3.63, 3.8) is 0 Å². The van der Waals surface area contributed by atoms with Crippen molar-refractivity contribution in [2.45, 2.75) is 6.04 Å². The van der Waals surface area contributed by atoms with Gasteiger partial charge >= 0.3 is 12.0 Å². The molecule has 32 heavy (non-hydrogen) atoms. The molecule has 0 amide bonds. The van der Waals surface area contributed by atoms with Crippen molar-refractivity contribution in [2.75, 3.05) is 30.4 Å². The van der Waals surface area contributed by atoms with Crippen molar-refractivity contribution in [3.05, 3.63) is 42.2 Å². The van der Waals surface area contributed by atoms with E-state index in [2.05, 4.69) is 25.2 Å². The summed E-state index contributed by atoms with van der Waals surface area (Å²) in [7, 11) is 1.87. The van der Waals surface area contributed by atoms with E-state index in [4.69, 9.17) is 15.5 Å². The Hall–Kier alpha value is -3.92. The molecule has 1 saturated carbocycles. The molecule has 2 unspecified atom stereocenters. The molecular formula is C22H21N7O3. The summed E-state index contributed by atoms with van der Waals surface area (Å²) < 4.78 is 5.85. The average Bonchev–Trinajstić information content (AvgIpc) is 3.14. The molecular weight excluding hydrogens is 410 g/mol. The highest BCUT2D eigenvalue weighted by atomic mass is 16.5. The average molecular weight is 431 g/mol.